The van der Waals surface area contributed by atoms with Crippen molar-refractivity contribution < 1.29 is 0 Å². The quantitative estimate of drug-likeness (QED) is 0.625. The van der Waals surface area contributed by atoms with E-state index in [0.29, 0.717) is 0 Å². The third-order valence-electron chi connectivity index (χ3n) is 4.12. The van der Waals surface area contributed by atoms with Crippen LogP contribution in [0, 0.1) is 17.8 Å². The van der Waals surface area contributed by atoms with Crippen LogP contribution >= 0.6 is 0 Å². The van der Waals surface area contributed by atoms with Crippen LogP contribution in [0.3, 0.4) is 0 Å². The number of hydrogen-bond acceptors (Lipinski definition) is 0. The molecule has 0 aliphatic heterocycles. The molecule has 92 valence electrons. The van der Waals surface area contributed by atoms with Gasteiger partial charge in [-0.3, -0.25) is 0 Å². The molecule has 0 saturated carbocycles. The van der Waals surface area contributed by atoms with Gasteiger partial charge in [0.2, 0.25) is 0 Å². The van der Waals surface area contributed by atoms with E-state index in [1.54, 1.807) is 0 Å². The lowest BCUT2D eigenvalue weighted by Gasteiger charge is -2.38. The standard InChI is InChI=1S/C18H20/c1-6-18(5,17(2,3)4)16-12-11-14-9-7-8-10-15(14)13-16/h1,7-13H,2-5H3. The average Bonchev–Trinajstić information content (AvgIpc) is 2.35. The Labute approximate surface area is 110 Å². The summed E-state index contributed by atoms with van der Waals surface area (Å²) in [4.78, 5) is 0. The first kappa shape index (κ1) is 12.7. The lowest BCUT2D eigenvalue weighted by Crippen LogP contribution is -2.35. The van der Waals surface area contributed by atoms with Crippen molar-refractivity contribution in [3.05, 3.63) is 48.0 Å². The summed E-state index contributed by atoms with van der Waals surface area (Å²) in [5.41, 5.74) is 0.998. The van der Waals surface area contributed by atoms with Crippen LogP contribution < -0.4 is 0 Å². The number of terminal acetylenes is 1. The van der Waals surface area contributed by atoms with Gasteiger partial charge in [-0.1, -0.05) is 63.1 Å². The van der Waals surface area contributed by atoms with Gasteiger partial charge < -0.3 is 0 Å². The fraction of sp³-hybridized carbons (Fsp3) is 0.333. The zero-order valence-corrected chi connectivity index (χ0v) is 11.6. The molecule has 0 N–H and O–H groups in total. The van der Waals surface area contributed by atoms with Gasteiger partial charge in [0.1, 0.15) is 0 Å². The van der Waals surface area contributed by atoms with Crippen molar-refractivity contribution in [2.75, 3.05) is 0 Å². The van der Waals surface area contributed by atoms with Crippen LogP contribution in [-0.2, 0) is 5.41 Å². The number of rotatable bonds is 1. The van der Waals surface area contributed by atoms with Gasteiger partial charge in [-0.25, -0.2) is 0 Å². The van der Waals surface area contributed by atoms with Crippen molar-refractivity contribution >= 4 is 10.8 Å². The molecule has 0 nitrogen and oxygen atoms in total. The van der Waals surface area contributed by atoms with Crippen molar-refractivity contribution in [3.8, 4) is 12.3 Å². The molecule has 2 aromatic rings. The van der Waals surface area contributed by atoms with E-state index in [-0.39, 0.29) is 10.8 Å². The van der Waals surface area contributed by atoms with Crippen LogP contribution in [0.4, 0.5) is 0 Å². The Balaban J connectivity index is 2.64. The van der Waals surface area contributed by atoms with Gasteiger partial charge in [-0.05, 0) is 34.7 Å². The molecule has 0 aliphatic rings. The van der Waals surface area contributed by atoms with Gasteiger partial charge >= 0.3 is 0 Å². The van der Waals surface area contributed by atoms with Gasteiger partial charge in [-0.15, -0.1) is 6.42 Å². The zero-order chi connectivity index (χ0) is 13.4. The smallest absolute Gasteiger partial charge is 0.0580 e. The Morgan fingerprint density at radius 3 is 2.06 bits per heavy atom. The van der Waals surface area contributed by atoms with E-state index in [1.807, 2.05) is 0 Å². The maximum Gasteiger partial charge on any atom is 0.0580 e. The van der Waals surface area contributed by atoms with E-state index in [1.165, 1.54) is 16.3 Å². The number of benzene rings is 2. The van der Waals surface area contributed by atoms with Crippen LogP contribution in [0.5, 0.6) is 0 Å². The van der Waals surface area contributed by atoms with Gasteiger partial charge in [-0.2, -0.15) is 0 Å². The van der Waals surface area contributed by atoms with Crippen molar-refractivity contribution in [2.45, 2.75) is 33.1 Å². The molecule has 0 heterocycles. The van der Waals surface area contributed by atoms with E-state index in [2.05, 4.69) is 76.1 Å². The number of hydrogen-bond donors (Lipinski definition) is 0. The van der Waals surface area contributed by atoms with E-state index in [0.717, 1.165) is 0 Å². The minimum atomic E-state index is -0.253. The predicted molar refractivity (Wildman–Crippen MR) is 79.6 cm³/mol. The van der Waals surface area contributed by atoms with E-state index < -0.39 is 0 Å². The monoisotopic (exact) mass is 236 g/mol. The minimum absolute atomic E-state index is 0.0320. The second kappa shape index (κ2) is 4.18. The van der Waals surface area contributed by atoms with Crippen molar-refractivity contribution in [1.29, 1.82) is 0 Å². The molecule has 0 fully saturated rings. The summed E-state index contributed by atoms with van der Waals surface area (Å²) < 4.78 is 0. The van der Waals surface area contributed by atoms with Crippen molar-refractivity contribution in [3.63, 3.8) is 0 Å². The first-order valence-electron chi connectivity index (χ1n) is 6.35. The van der Waals surface area contributed by atoms with Gasteiger partial charge in [0, 0.05) is 0 Å². The number of fused-ring (bicyclic) bond motifs is 1. The molecule has 0 radical (unpaired) electrons. The Hall–Kier alpha value is -1.74. The van der Waals surface area contributed by atoms with E-state index in [4.69, 9.17) is 6.42 Å². The third kappa shape index (κ3) is 1.91. The normalized spacial score (nSPS) is 15.1. The second-order valence-electron chi connectivity index (χ2n) is 6.08. The fourth-order valence-corrected chi connectivity index (χ4v) is 2.23. The molecule has 0 saturated heterocycles. The molecule has 0 amide bonds. The Morgan fingerprint density at radius 2 is 1.50 bits per heavy atom. The molecule has 0 aliphatic carbocycles. The summed E-state index contributed by atoms with van der Waals surface area (Å²) in [5, 5.41) is 2.51. The highest BCUT2D eigenvalue weighted by atomic mass is 14.4. The zero-order valence-electron chi connectivity index (χ0n) is 11.6. The Bertz CT molecular complexity index is 608. The molecule has 2 aromatic carbocycles. The van der Waals surface area contributed by atoms with Crippen molar-refractivity contribution in [2.24, 2.45) is 5.41 Å². The Morgan fingerprint density at radius 1 is 0.889 bits per heavy atom. The first-order chi connectivity index (χ1) is 8.38. The maximum absolute atomic E-state index is 5.82. The highest BCUT2D eigenvalue weighted by Crippen LogP contribution is 2.41. The molecule has 1 unspecified atom stereocenters. The van der Waals surface area contributed by atoms with Crippen LogP contribution in [0.1, 0.15) is 33.3 Å². The molecule has 0 spiro atoms. The molecule has 0 heteroatoms. The molecule has 0 bridgehead atoms. The van der Waals surface area contributed by atoms with Gasteiger partial charge in [0.05, 0.1) is 5.41 Å². The second-order valence-corrected chi connectivity index (χ2v) is 6.08. The highest BCUT2D eigenvalue weighted by molar-refractivity contribution is 5.83. The summed E-state index contributed by atoms with van der Waals surface area (Å²) in [7, 11) is 0. The van der Waals surface area contributed by atoms with Crippen LogP contribution in [-0.4, -0.2) is 0 Å². The fourth-order valence-electron chi connectivity index (χ4n) is 2.23. The minimum Gasteiger partial charge on any atom is -0.119 e. The van der Waals surface area contributed by atoms with Crippen LogP contribution in [0.25, 0.3) is 10.8 Å². The molecule has 2 rings (SSSR count). The topological polar surface area (TPSA) is 0 Å². The van der Waals surface area contributed by atoms with E-state index >= 15 is 0 Å². The third-order valence-corrected chi connectivity index (χ3v) is 4.12. The summed E-state index contributed by atoms with van der Waals surface area (Å²) in [6.45, 7) is 8.74. The van der Waals surface area contributed by atoms with Gasteiger partial charge in [0.25, 0.3) is 0 Å². The lowest BCUT2D eigenvalue weighted by atomic mass is 9.64. The molecule has 18 heavy (non-hydrogen) atoms. The first-order valence-corrected chi connectivity index (χ1v) is 6.35. The van der Waals surface area contributed by atoms with E-state index in [9.17, 15) is 0 Å². The molecule has 0 aromatic heterocycles. The average molecular weight is 236 g/mol. The Kier molecular flexibility index (Phi) is 2.95. The highest BCUT2D eigenvalue weighted by Gasteiger charge is 2.37. The maximum atomic E-state index is 5.82. The van der Waals surface area contributed by atoms with Gasteiger partial charge in [0.15, 0.2) is 0 Å². The largest absolute Gasteiger partial charge is 0.119 e. The summed E-state index contributed by atoms with van der Waals surface area (Å²) in [6.07, 6.45) is 5.82. The van der Waals surface area contributed by atoms with Crippen LogP contribution in [0.2, 0.25) is 0 Å². The molecule has 1 atom stereocenters. The molecular formula is C18H20. The lowest BCUT2D eigenvalue weighted by molar-refractivity contribution is 0.270. The summed E-state index contributed by atoms with van der Waals surface area (Å²) in [6, 6.07) is 14.9. The predicted octanol–water partition coefficient (Wildman–Crippen LogP) is 4.78. The van der Waals surface area contributed by atoms with Crippen molar-refractivity contribution in [1.82, 2.24) is 0 Å². The summed E-state index contributed by atoms with van der Waals surface area (Å²) >= 11 is 0. The summed E-state index contributed by atoms with van der Waals surface area (Å²) in [5.74, 6) is 3.00. The SMILES string of the molecule is C#CC(C)(c1ccc2ccccc2c1)C(C)(C)C. The van der Waals surface area contributed by atoms with Crippen LogP contribution in [0.15, 0.2) is 42.5 Å². The molecular weight excluding hydrogens is 216 g/mol.